The van der Waals surface area contributed by atoms with Crippen LogP contribution in [0.4, 0.5) is 10.5 Å². The first-order valence-electron chi connectivity index (χ1n) is 5.33. The zero-order chi connectivity index (χ0) is 12.3. The van der Waals surface area contributed by atoms with Crippen molar-refractivity contribution < 1.29 is 4.79 Å². The smallest absolute Gasteiger partial charge is 0.280 e. The zero-order valence-corrected chi connectivity index (χ0v) is 10.4. The summed E-state index contributed by atoms with van der Waals surface area (Å²) in [5, 5.41) is 2.36. The Bertz CT molecular complexity index is 551. The topological polar surface area (TPSA) is 29.1 Å². The maximum absolute atomic E-state index is 11.0. The molecule has 2 nitrogen and oxygen atoms in total. The predicted molar refractivity (Wildman–Crippen MR) is 74.6 cm³/mol. The molecule has 0 saturated heterocycles. The van der Waals surface area contributed by atoms with E-state index in [0.717, 1.165) is 16.8 Å². The van der Waals surface area contributed by atoms with Crippen LogP contribution in [-0.2, 0) is 0 Å². The second kappa shape index (κ2) is 5.06. The molecule has 0 heterocycles. The van der Waals surface area contributed by atoms with Crippen molar-refractivity contribution in [2.45, 2.75) is 6.92 Å². The van der Waals surface area contributed by atoms with E-state index in [9.17, 15) is 4.79 Å². The van der Waals surface area contributed by atoms with Gasteiger partial charge in [0.1, 0.15) is 0 Å². The Morgan fingerprint density at radius 1 is 1.12 bits per heavy atom. The number of hydrogen-bond donors (Lipinski definition) is 2. The van der Waals surface area contributed by atoms with E-state index >= 15 is 0 Å². The molecule has 0 aliphatic carbocycles. The van der Waals surface area contributed by atoms with Crippen LogP contribution in [0.5, 0.6) is 0 Å². The van der Waals surface area contributed by atoms with Crippen molar-refractivity contribution in [3.8, 4) is 11.1 Å². The molecule has 0 unspecified atom stereocenters. The van der Waals surface area contributed by atoms with Crippen molar-refractivity contribution in [3.63, 3.8) is 0 Å². The third kappa shape index (κ3) is 2.88. The Morgan fingerprint density at radius 3 is 2.59 bits per heavy atom. The van der Waals surface area contributed by atoms with Gasteiger partial charge in [0, 0.05) is 11.3 Å². The molecule has 0 aromatic heterocycles. The van der Waals surface area contributed by atoms with E-state index in [1.54, 1.807) is 0 Å². The normalized spacial score (nSPS) is 10.0. The SMILES string of the molecule is Cc1cccc(-c2ccccc2NC(=O)S)c1. The number of aryl methyl sites for hydroxylation is 1. The largest absolute Gasteiger partial charge is 0.317 e. The Kier molecular flexibility index (Phi) is 3.49. The molecule has 0 radical (unpaired) electrons. The summed E-state index contributed by atoms with van der Waals surface area (Å²) >= 11 is 3.74. The maximum atomic E-state index is 11.0. The van der Waals surface area contributed by atoms with Gasteiger partial charge in [-0.05, 0) is 18.6 Å². The summed E-state index contributed by atoms with van der Waals surface area (Å²) in [7, 11) is 0. The summed E-state index contributed by atoms with van der Waals surface area (Å²) in [6.07, 6.45) is 0. The van der Waals surface area contributed by atoms with Gasteiger partial charge in [-0.3, -0.25) is 4.79 Å². The van der Waals surface area contributed by atoms with Crippen molar-refractivity contribution in [1.82, 2.24) is 0 Å². The minimum atomic E-state index is -0.356. The minimum Gasteiger partial charge on any atom is -0.317 e. The molecule has 86 valence electrons. The van der Waals surface area contributed by atoms with Crippen LogP contribution in [0.3, 0.4) is 0 Å². The maximum Gasteiger partial charge on any atom is 0.280 e. The average Bonchev–Trinajstić information content (AvgIpc) is 2.29. The summed E-state index contributed by atoms with van der Waals surface area (Å²) in [5.41, 5.74) is 4.05. The number of amides is 1. The number of hydrogen-bond acceptors (Lipinski definition) is 1. The lowest BCUT2D eigenvalue weighted by molar-refractivity contribution is 0.270. The third-order valence-electron chi connectivity index (χ3n) is 2.50. The van der Waals surface area contributed by atoms with Crippen LogP contribution in [0.2, 0.25) is 0 Å². The van der Waals surface area contributed by atoms with Gasteiger partial charge in [0.25, 0.3) is 5.24 Å². The average molecular weight is 243 g/mol. The molecule has 0 aliphatic rings. The molecule has 3 heteroatoms. The fourth-order valence-corrected chi connectivity index (χ4v) is 1.89. The van der Waals surface area contributed by atoms with E-state index in [2.05, 4.69) is 24.0 Å². The lowest BCUT2D eigenvalue weighted by atomic mass is 10.0. The highest BCUT2D eigenvalue weighted by atomic mass is 32.1. The van der Waals surface area contributed by atoms with E-state index < -0.39 is 0 Å². The van der Waals surface area contributed by atoms with Crippen molar-refractivity contribution in [1.29, 1.82) is 0 Å². The molecule has 0 bridgehead atoms. The molecule has 2 rings (SSSR count). The molecule has 2 aromatic carbocycles. The highest BCUT2D eigenvalue weighted by Crippen LogP contribution is 2.28. The molecule has 0 atom stereocenters. The van der Waals surface area contributed by atoms with Crippen LogP contribution in [0.1, 0.15) is 5.56 Å². The Morgan fingerprint density at radius 2 is 1.88 bits per heavy atom. The highest BCUT2D eigenvalue weighted by Gasteiger charge is 2.05. The van der Waals surface area contributed by atoms with E-state index in [0.29, 0.717) is 0 Å². The lowest BCUT2D eigenvalue weighted by Crippen LogP contribution is -2.02. The second-order valence-electron chi connectivity index (χ2n) is 3.85. The first-order valence-corrected chi connectivity index (χ1v) is 5.77. The lowest BCUT2D eigenvalue weighted by Gasteiger charge is -2.10. The van der Waals surface area contributed by atoms with Crippen LogP contribution in [0.25, 0.3) is 11.1 Å². The molecule has 1 amide bonds. The molecule has 1 N–H and O–H groups in total. The van der Waals surface area contributed by atoms with Crippen LogP contribution in [0, 0.1) is 6.92 Å². The van der Waals surface area contributed by atoms with Gasteiger partial charge in [-0.2, -0.15) is 0 Å². The molecular formula is C14H13NOS. The number of benzene rings is 2. The molecule has 0 fully saturated rings. The Hall–Kier alpha value is -1.74. The van der Waals surface area contributed by atoms with Crippen molar-refractivity contribution in [3.05, 3.63) is 54.1 Å². The fourth-order valence-electron chi connectivity index (χ4n) is 1.77. The van der Waals surface area contributed by atoms with Gasteiger partial charge in [0.2, 0.25) is 0 Å². The van der Waals surface area contributed by atoms with Crippen molar-refractivity contribution in [2.24, 2.45) is 0 Å². The minimum absolute atomic E-state index is 0.356. The van der Waals surface area contributed by atoms with Gasteiger partial charge in [-0.15, -0.1) is 0 Å². The zero-order valence-electron chi connectivity index (χ0n) is 9.47. The van der Waals surface area contributed by atoms with Gasteiger partial charge in [0.05, 0.1) is 0 Å². The van der Waals surface area contributed by atoms with Gasteiger partial charge >= 0.3 is 0 Å². The monoisotopic (exact) mass is 243 g/mol. The van der Waals surface area contributed by atoms with Crippen molar-refractivity contribution >= 4 is 23.6 Å². The summed E-state index contributed by atoms with van der Waals surface area (Å²) in [4.78, 5) is 11.0. The van der Waals surface area contributed by atoms with Gasteiger partial charge < -0.3 is 5.32 Å². The molecule has 0 saturated carbocycles. The number of carbonyl (C=O) groups excluding carboxylic acids is 1. The number of anilines is 1. The highest BCUT2D eigenvalue weighted by molar-refractivity contribution is 7.96. The number of thiol groups is 1. The standard InChI is InChI=1S/C14H13NOS/c1-10-5-4-6-11(9-10)12-7-2-3-8-13(12)15-14(16)17/h2-9H,1H3,(H2,15,16,17). The number of rotatable bonds is 2. The summed E-state index contributed by atoms with van der Waals surface area (Å²) in [6, 6.07) is 15.8. The van der Waals surface area contributed by atoms with Crippen LogP contribution in [-0.4, -0.2) is 5.24 Å². The molecule has 17 heavy (non-hydrogen) atoms. The summed E-state index contributed by atoms with van der Waals surface area (Å²) < 4.78 is 0. The molecule has 0 spiro atoms. The third-order valence-corrected chi connectivity index (χ3v) is 2.61. The van der Waals surface area contributed by atoms with E-state index in [1.807, 2.05) is 49.4 Å². The summed E-state index contributed by atoms with van der Waals surface area (Å²) in [5.74, 6) is 0. The summed E-state index contributed by atoms with van der Waals surface area (Å²) in [6.45, 7) is 2.04. The van der Waals surface area contributed by atoms with Gasteiger partial charge in [-0.1, -0.05) is 60.7 Å². The van der Waals surface area contributed by atoms with Gasteiger partial charge in [0.15, 0.2) is 0 Å². The predicted octanol–water partition coefficient (Wildman–Crippen LogP) is 4.12. The molecule has 2 aromatic rings. The van der Waals surface area contributed by atoms with Crippen molar-refractivity contribution in [2.75, 3.05) is 5.32 Å². The molecular weight excluding hydrogens is 230 g/mol. The Labute approximate surface area is 106 Å². The number of nitrogens with one attached hydrogen (secondary N) is 1. The fraction of sp³-hybridized carbons (Fsp3) is 0.0714. The Balaban J connectivity index is 2.47. The number of para-hydroxylation sites is 1. The van der Waals surface area contributed by atoms with Crippen LogP contribution < -0.4 is 5.32 Å². The van der Waals surface area contributed by atoms with E-state index in [4.69, 9.17) is 0 Å². The van der Waals surface area contributed by atoms with E-state index in [-0.39, 0.29) is 5.24 Å². The molecule has 0 aliphatic heterocycles. The first kappa shape index (κ1) is 11.7. The van der Waals surface area contributed by atoms with Crippen LogP contribution >= 0.6 is 12.6 Å². The van der Waals surface area contributed by atoms with Gasteiger partial charge in [-0.25, -0.2) is 0 Å². The second-order valence-corrected chi connectivity index (χ2v) is 4.25. The van der Waals surface area contributed by atoms with Crippen LogP contribution in [0.15, 0.2) is 48.5 Å². The first-order chi connectivity index (χ1) is 8.16. The quantitative estimate of drug-likeness (QED) is 0.763. The number of carbonyl (C=O) groups is 1. The van der Waals surface area contributed by atoms with E-state index in [1.165, 1.54) is 5.56 Å².